The number of anilines is 1. The highest BCUT2D eigenvalue weighted by atomic mass is 16.5. The van der Waals surface area contributed by atoms with Gasteiger partial charge in [0.15, 0.2) is 0 Å². The summed E-state index contributed by atoms with van der Waals surface area (Å²) in [4.78, 5) is 0. The fourth-order valence-electron chi connectivity index (χ4n) is 4.19. The zero-order chi connectivity index (χ0) is 22.1. The molecule has 1 aliphatic rings. The van der Waals surface area contributed by atoms with Crippen molar-refractivity contribution in [1.29, 1.82) is 0 Å². The van der Waals surface area contributed by atoms with Crippen LogP contribution in [0.2, 0.25) is 0 Å². The number of aromatic hydroxyl groups is 1. The lowest BCUT2D eigenvalue weighted by atomic mass is 9.97. The van der Waals surface area contributed by atoms with E-state index in [1.165, 1.54) is 32.1 Å². The van der Waals surface area contributed by atoms with Gasteiger partial charge in [-0.3, -0.25) is 0 Å². The predicted octanol–water partition coefficient (Wildman–Crippen LogP) is 5.73. The number of fused-ring (bicyclic) bond motifs is 3. The molecule has 0 amide bonds. The maximum Gasteiger partial charge on any atom is 0.148 e. The highest BCUT2D eigenvalue weighted by molar-refractivity contribution is 5.75. The number of nitrogens with zero attached hydrogens (tertiary/aromatic N) is 2. The standard InChI is InChI=1S/C25H37N3O3/c1-4-6-7-8-10-18(5-2)16-26-23-14-19-11-9-12-31-17-20-13-21(30-3)15-22(29)24(20)25(19)28-27-23/h13-15,18,29H,4-12,16-17H2,1-3H3,(H,26,27). The lowest BCUT2D eigenvalue weighted by Crippen LogP contribution is -2.15. The summed E-state index contributed by atoms with van der Waals surface area (Å²) >= 11 is 0. The molecule has 0 saturated heterocycles. The number of unbranched alkanes of at least 4 members (excludes halogenated alkanes) is 3. The summed E-state index contributed by atoms with van der Waals surface area (Å²) < 4.78 is 11.1. The van der Waals surface area contributed by atoms with Gasteiger partial charge in [-0.25, -0.2) is 0 Å². The monoisotopic (exact) mass is 427 g/mol. The van der Waals surface area contributed by atoms with E-state index in [4.69, 9.17) is 9.47 Å². The van der Waals surface area contributed by atoms with E-state index in [2.05, 4.69) is 35.4 Å². The fraction of sp³-hybridized carbons (Fsp3) is 0.600. The van der Waals surface area contributed by atoms with Gasteiger partial charge in [0.05, 0.1) is 13.7 Å². The summed E-state index contributed by atoms with van der Waals surface area (Å²) in [6, 6.07) is 5.62. The zero-order valence-electron chi connectivity index (χ0n) is 19.2. The molecule has 2 N–H and O–H groups in total. The van der Waals surface area contributed by atoms with Crippen molar-refractivity contribution in [2.75, 3.05) is 25.6 Å². The molecule has 3 rings (SSSR count). The van der Waals surface area contributed by atoms with E-state index in [0.29, 0.717) is 30.4 Å². The minimum atomic E-state index is 0.147. The Morgan fingerprint density at radius 3 is 2.77 bits per heavy atom. The summed E-state index contributed by atoms with van der Waals surface area (Å²) in [6.07, 6.45) is 9.36. The molecule has 0 bridgehead atoms. The average molecular weight is 428 g/mol. The molecule has 1 atom stereocenters. The molecule has 170 valence electrons. The lowest BCUT2D eigenvalue weighted by molar-refractivity contribution is 0.119. The van der Waals surface area contributed by atoms with Gasteiger partial charge < -0.3 is 19.9 Å². The Morgan fingerprint density at radius 1 is 1.13 bits per heavy atom. The van der Waals surface area contributed by atoms with Gasteiger partial charge in [0, 0.05) is 24.8 Å². The number of hydrogen-bond acceptors (Lipinski definition) is 6. The third-order valence-corrected chi connectivity index (χ3v) is 6.13. The van der Waals surface area contributed by atoms with Crippen molar-refractivity contribution in [3.05, 3.63) is 29.3 Å². The van der Waals surface area contributed by atoms with Crippen LogP contribution in [0, 0.1) is 5.92 Å². The maximum absolute atomic E-state index is 10.7. The van der Waals surface area contributed by atoms with Gasteiger partial charge >= 0.3 is 0 Å². The zero-order valence-corrected chi connectivity index (χ0v) is 19.2. The van der Waals surface area contributed by atoms with E-state index in [1.807, 2.05) is 6.07 Å². The summed E-state index contributed by atoms with van der Waals surface area (Å²) in [7, 11) is 1.59. The van der Waals surface area contributed by atoms with E-state index in [-0.39, 0.29) is 5.75 Å². The molecule has 1 unspecified atom stereocenters. The first-order valence-electron chi connectivity index (χ1n) is 11.7. The van der Waals surface area contributed by atoms with Crippen molar-refractivity contribution in [3.8, 4) is 22.8 Å². The topological polar surface area (TPSA) is 76.5 Å². The van der Waals surface area contributed by atoms with Gasteiger partial charge in [-0.05, 0) is 48.4 Å². The van der Waals surface area contributed by atoms with Crippen LogP contribution in [0.3, 0.4) is 0 Å². The van der Waals surface area contributed by atoms with Crippen LogP contribution >= 0.6 is 0 Å². The highest BCUT2D eigenvalue weighted by Crippen LogP contribution is 2.38. The Hall–Kier alpha value is -2.34. The number of phenols is 1. The second-order valence-corrected chi connectivity index (χ2v) is 8.44. The van der Waals surface area contributed by atoms with Crippen LogP contribution in [0.1, 0.15) is 69.9 Å². The second kappa shape index (κ2) is 11.9. The van der Waals surface area contributed by atoms with Crippen molar-refractivity contribution in [1.82, 2.24) is 10.2 Å². The molecule has 0 saturated carbocycles. The van der Waals surface area contributed by atoms with Gasteiger partial charge in [0.25, 0.3) is 0 Å². The number of aryl methyl sites for hydroxylation is 1. The van der Waals surface area contributed by atoms with Crippen LogP contribution in [0.4, 0.5) is 5.82 Å². The first kappa shape index (κ1) is 23.3. The van der Waals surface area contributed by atoms with Crippen LogP contribution < -0.4 is 10.1 Å². The molecule has 1 aliphatic heterocycles. The molecule has 31 heavy (non-hydrogen) atoms. The van der Waals surface area contributed by atoms with Crippen molar-refractivity contribution >= 4 is 5.82 Å². The molecule has 0 aliphatic carbocycles. The molecule has 1 aromatic carbocycles. The number of methoxy groups -OCH3 is 1. The summed E-state index contributed by atoms with van der Waals surface area (Å²) in [5, 5.41) is 23.2. The van der Waals surface area contributed by atoms with Crippen molar-refractivity contribution in [2.24, 2.45) is 5.92 Å². The third-order valence-electron chi connectivity index (χ3n) is 6.13. The minimum absolute atomic E-state index is 0.147. The summed E-state index contributed by atoms with van der Waals surface area (Å²) in [5.74, 6) is 2.21. The normalized spacial score (nSPS) is 14.5. The maximum atomic E-state index is 10.7. The van der Waals surface area contributed by atoms with E-state index in [0.717, 1.165) is 48.4 Å². The molecule has 6 heteroatoms. The van der Waals surface area contributed by atoms with Crippen molar-refractivity contribution in [3.63, 3.8) is 0 Å². The van der Waals surface area contributed by atoms with Crippen LogP contribution in [0.25, 0.3) is 11.3 Å². The Balaban J connectivity index is 1.78. The Bertz CT molecular complexity index is 841. The van der Waals surface area contributed by atoms with Gasteiger partial charge in [-0.1, -0.05) is 46.0 Å². The van der Waals surface area contributed by atoms with Gasteiger partial charge in [0.1, 0.15) is 23.0 Å². The van der Waals surface area contributed by atoms with E-state index < -0.39 is 0 Å². The van der Waals surface area contributed by atoms with Crippen LogP contribution in [0.5, 0.6) is 11.5 Å². The molecular formula is C25H37N3O3. The molecule has 0 radical (unpaired) electrons. The number of ether oxygens (including phenoxy) is 2. The summed E-state index contributed by atoms with van der Waals surface area (Å²) in [6.45, 7) is 6.50. The quantitative estimate of drug-likeness (QED) is 0.472. The number of phenolic OH excluding ortho intramolecular Hbond substituents is 1. The first-order chi connectivity index (χ1) is 15.2. The Morgan fingerprint density at radius 2 is 2.00 bits per heavy atom. The first-order valence-corrected chi connectivity index (χ1v) is 11.7. The van der Waals surface area contributed by atoms with Gasteiger partial charge in [-0.15, -0.1) is 10.2 Å². The lowest BCUT2D eigenvalue weighted by Gasteiger charge is -2.17. The van der Waals surface area contributed by atoms with Crippen LogP contribution in [0.15, 0.2) is 18.2 Å². The van der Waals surface area contributed by atoms with E-state index >= 15 is 0 Å². The Kier molecular flexibility index (Phi) is 8.95. The molecule has 2 aromatic rings. The molecule has 1 aromatic heterocycles. The summed E-state index contributed by atoms with van der Waals surface area (Å²) in [5.41, 5.74) is 3.38. The van der Waals surface area contributed by atoms with E-state index in [1.54, 1.807) is 13.2 Å². The number of hydrogen-bond donors (Lipinski definition) is 2. The largest absolute Gasteiger partial charge is 0.507 e. The molecule has 0 fully saturated rings. The van der Waals surface area contributed by atoms with Gasteiger partial charge in [0.2, 0.25) is 0 Å². The van der Waals surface area contributed by atoms with Gasteiger partial charge in [-0.2, -0.15) is 0 Å². The molecule has 6 nitrogen and oxygen atoms in total. The number of nitrogens with one attached hydrogen (secondary N) is 1. The number of aromatic nitrogens is 2. The fourth-order valence-corrected chi connectivity index (χ4v) is 4.19. The number of rotatable bonds is 10. The van der Waals surface area contributed by atoms with Crippen LogP contribution in [-0.4, -0.2) is 35.6 Å². The van der Waals surface area contributed by atoms with E-state index in [9.17, 15) is 5.11 Å². The molecular weight excluding hydrogens is 390 g/mol. The van der Waals surface area contributed by atoms with Crippen LogP contribution in [-0.2, 0) is 17.8 Å². The highest BCUT2D eigenvalue weighted by Gasteiger charge is 2.20. The SMILES string of the molecule is CCCCCCC(CC)CNc1cc2c(nn1)-c1c(O)cc(OC)cc1COCCC2. The molecule has 2 heterocycles. The predicted molar refractivity (Wildman–Crippen MR) is 125 cm³/mol. The molecule has 0 spiro atoms. The minimum Gasteiger partial charge on any atom is -0.507 e. The Labute approximate surface area is 186 Å². The second-order valence-electron chi connectivity index (χ2n) is 8.44. The third kappa shape index (κ3) is 6.33. The smallest absolute Gasteiger partial charge is 0.148 e. The van der Waals surface area contributed by atoms with Crippen molar-refractivity contribution < 1.29 is 14.6 Å². The van der Waals surface area contributed by atoms with Crippen molar-refractivity contribution in [2.45, 2.75) is 71.8 Å². The number of benzene rings is 1. The average Bonchev–Trinajstić information content (AvgIpc) is 2.87.